The average Bonchev–Trinajstić information content (AvgIpc) is 3.08. The minimum Gasteiger partial charge on any atom is -0.462 e. The number of carbonyl (C=O) groups excluding carboxylic acids is 1. The summed E-state index contributed by atoms with van der Waals surface area (Å²) in [5, 5.41) is 3.54. The van der Waals surface area contributed by atoms with E-state index >= 15 is 0 Å². The first-order valence-corrected chi connectivity index (χ1v) is 8.95. The van der Waals surface area contributed by atoms with Gasteiger partial charge in [0.25, 0.3) is 0 Å². The van der Waals surface area contributed by atoms with E-state index in [0.29, 0.717) is 17.0 Å². The lowest BCUT2D eigenvalue weighted by Gasteiger charge is -2.27. The molecule has 4 nitrogen and oxygen atoms in total. The van der Waals surface area contributed by atoms with Gasteiger partial charge in [0.2, 0.25) is 0 Å². The molecule has 7 heteroatoms. The molecule has 1 atom stereocenters. The molecule has 0 aliphatic heterocycles. The Balaban J connectivity index is 1.59. The fourth-order valence-corrected chi connectivity index (χ4v) is 4.07. The molecule has 1 aromatic carbocycles. The van der Waals surface area contributed by atoms with Gasteiger partial charge in [-0.05, 0) is 41.7 Å². The van der Waals surface area contributed by atoms with Gasteiger partial charge < -0.3 is 4.74 Å². The van der Waals surface area contributed by atoms with Crippen molar-refractivity contribution in [3.63, 3.8) is 0 Å². The third-order valence-corrected chi connectivity index (χ3v) is 5.32. The summed E-state index contributed by atoms with van der Waals surface area (Å²) in [5.41, 5.74) is 1.14. The number of hydrogen-bond donors (Lipinski definition) is 0. The van der Waals surface area contributed by atoms with Gasteiger partial charge in [0.05, 0.1) is 12.8 Å². The van der Waals surface area contributed by atoms with E-state index in [0.717, 1.165) is 26.1 Å². The van der Waals surface area contributed by atoms with Crippen LogP contribution in [0.5, 0.6) is 0 Å². The maximum Gasteiger partial charge on any atom is 0.433 e. The number of rotatable bonds is 5. The molecule has 0 spiro atoms. The predicted molar refractivity (Wildman–Crippen MR) is 94.4 cm³/mol. The number of fused-ring (bicyclic) bond motifs is 1. The van der Waals surface area contributed by atoms with Gasteiger partial charge in [-0.15, -0.1) is 0 Å². The summed E-state index contributed by atoms with van der Waals surface area (Å²) in [6.45, 7) is 4.52. The van der Waals surface area contributed by atoms with Crippen molar-refractivity contribution in [2.45, 2.75) is 45.2 Å². The second-order valence-electron chi connectivity index (χ2n) is 7.72. The molecular weight excluding hydrogens is 357 g/mol. The number of aryl methyl sites for hydroxylation is 1. The summed E-state index contributed by atoms with van der Waals surface area (Å²) in [6, 6.07) is 8.32. The molecule has 1 aliphatic rings. The van der Waals surface area contributed by atoms with Crippen molar-refractivity contribution in [1.82, 2.24) is 9.78 Å². The van der Waals surface area contributed by atoms with Crippen LogP contribution in [0.3, 0.4) is 0 Å². The van der Waals surface area contributed by atoms with Gasteiger partial charge in [0, 0.05) is 7.05 Å². The molecule has 146 valence electrons. The molecule has 0 amide bonds. The van der Waals surface area contributed by atoms with Gasteiger partial charge in [-0.25, -0.2) is 4.79 Å². The predicted octanol–water partition coefficient (Wildman–Crippen LogP) is 4.74. The van der Waals surface area contributed by atoms with Crippen LogP contribution < -0.4 is 0 Å². The first-order chi connectivity index (χ1) is 12.6. The second kappa shape index (κ2) is 7.02. The zero-order valence-corrected chi connectivity index (χ0v) is 15.6. The van der Waals surface area contributed by atoms with Crippen LogP contribution in [0.4, 0.5) is 13.2 Å². The van der Waals surface area contributed by atoms with E-state index in [1.165, 1.54) is 11.1 Å². The molecule has 27 heavy (non-hydrogen) atoms. The molecule has 1 unspecified atom stereocenters. The Hall–Kier alpha value is -2.31. The van der Waals surface area contributed by atoms with Crippen LogP contribution in [0.2, 0.25) is 0 Å². The number of benzene rings is 1. The Morgan fingerprint density at radius 1 is 1.33 bits per heavy atom. The number of aromatic nitrogens is 2. The zero-order valence-electron chi connectivity index (χ0n) is 15.6. The van der Waals surface area contributed by atoms with Crippen molar-refractivity contribution in [1.29, 1.82) is 0 Å². The molecule has 0 saturated carbocycles. The number of halogens is 3. The van der Waals surface area contributed by atoms with Gasteiger partial charge >= 0.3 is 12.1 Å². The van der Waals surface area contributed by atoms with Crippen molar-refractivity contribution >= 4 is 5.97 Å². The Labute approximate surface area is 156 Å². The molecule has 0 N–H and O–H groups in total. The van der Waals surface area contributed by atoms with Gasteiger partial charge in [-0.2, -0.15) is 18.3 Å². The first-order valence-electron chi connectivity index (χ1n) is 8.95. The van der Waals surface area contributed by atoms with E-state index in [2.05, 4.69) is 31.1 Å². The molecule has 0 radical (unpaired) electrons. The fourth-order valence-electron chi connectivity index (χ4n) is 4.07. The quantitative estimate of drug-likeness (QED) is 0.556. The maximum absolute atomic E-state index is 13.1. The molecule has 0 fully saturated rings. The van der Waals surface area contributed by atoms with Crippen LogP contribution in [-0.2, 0) is 24.4 Å². The molecule has 2 aromatic rings. The van der Waals surface area contributed by atoms with E-state index in [4.69, 9.17) is 4.74 Å². The second-order valence-corrected chi connectivity index (χ2v) is 7.72. The summed E-state index contributed by atoms with van der Waals surface area (Å²) in [5.74, 6) is -0.641. The van der Waals surface area contributed by atoms with Crippen molar-refractivity contribution in [3.8, 4) is 0 Å². The van der Waals surface area contributed by atoms with E-state index in [9.17, 15) is 18.0 Å². The molecule has 1 aromatic heterocycles. The third-order valence-electron chi connectivity index (χ3n) is 5.32. The van der Waals surface area contributed by atoms with Gasteiger partial charge in [-0.1, -0.05) is 38.1 Å². The molecule has 1 heterocycles. The molecule has 3 rings (SSSR count). The summed E-state index contributed by atoms with van der Waals surface area (Å²) in [4.78, 5) is 12.1. The number of carbonyl (C=O) groups is 1. The Bertz CT molecular complexity index is 840. The highest BCUT2D eigenvalue weighted by Crippen LogP contribution is 2.48. The number of esters is 1. The lowest BCUT2D eigenvalue weighted by Crippen LogP contribution is -2.19. The first kappa shape index (κ1) is 19.5. The molecule has 0 saturated heterocycles. The number of ether oxygens (including phenoxy) is 1. The van der Waals surface area contributed by atoms with Crippen LogP contribution >= 0.6 is 0 Å². The van der Waals surface area contributed by atoms with E-state index in [-0.39, 0.29) is 12.0 Å². The largest absolute Gasteiger partial charge is 0.462 e. The Morgan fingerprint density at radius 3 is 2.74 bits per heavy atom. The van der Waals surface area contributed by atoms with Crippen LogP contribution in [-0.4, -0.2) is 22.4 Å². The minimum atomic E-state index is -4.66. The van der Waals surface area contributed by atoms with Crippen molar-refractivity contribution in [2.24, 2.45) is 12.5 Å². The highest BCUT2D eigenvalue weighted by atomic mass is 19.4. The van der Waals surface area contributed by atoms with Gasteiger partial charge in [-0.3, -0.25) is 4.68 Å². The van der Waals surface area contributed by atoms with Crippen LogP contribution in [0.1, 0.15) is 59.8 Å². The smallest absolute Gasteiger partial charge is 0.433 e. The molecular formula is C20H23F3N2O2. The Kier molecular flexibility index (Phi) is 5.06. The molecule has 1 aliphatic carbocycles. The zero-order chi connectivity index (χ0) is 19.8. The van der Waals surface area contributed by atoms with E-state index in [1.807, 2.05) is 12.1 Å². The fraction of sp³-hybridized carbons (Fsp3) is 0.500. The number of nitrogens with zero attached hydrogens (tertiary/aromatic N) is 2. The summed E-state index contributed by atoms with van der Waals surface area (Å²) < 4.78 is 44.9. The van der Waals surface area contributed by atoms with E-state index < -0.39 is 23.4 Å². The normalized spacial score (nSPS) is 18.4. The van der Waals surface area contributed by atoms with Crippen LogP contribution in [0.15, 0.2) is 30.5 Å². The monoisotopic (exact) mass is 380 g/mol. The summed E-state index contributed by atoms with van der Waals surface area (Å²) in [7, 11) is 1.15. The topological polar surface area (TPSA) is 44.1 Å². The van der Waals surface area contributed by atoms with Gasteiger partial charge in [0.15, 0.2) is 5.69 Å². The Morgan fingerprint density at radius 2 is 2.04 bits per heavy atom. The standard InChI is InChI=1S/C20H23F3N2O2/c1-19(2)11-13-7-4-5-8-14(13)16(19)9-6-10-27-18(26)15-12-24-25(3)17(15)20(21,22)23/h4-5,7-8,12,16H,6,9-11H2,1-3H3. The third kappa shape index (κ3) is 3.87. The van der Waals surface area contributed by atoms with Crippen molar-refractivity contribution in [2.75, 3.05) is 6.61 Å². The lowest BCUT2D eigenvalue weighted by molar-refractivity contribution is -0.144. The van der Waals surface area contributed by atoms with E-state index in [1.54, 1.807) is 0 Å². The SMILES string of the molecule is Cn1ncc(C(=O)OCCCC2c3ccccc3CC2(C)C)c1C(F)(F)F. The lowest BCUT2D eigenvalue weighted by atomic mass is 9.77. The minimum absolute atomic E-state index is 0.0831. The van der Waals surface area contributed by atoms with Crippen LogP contribution in [0, 0.1) is 5.41 Å². The maximum atomic E-state index is 13.1. The highest BCUT2D eigenvalue weighted by molar-refractivity contribution is 5.90. The van der Waals surface area contributed by atoms with Crippen molar-refractivity contribution < 1.29 is 22.7 Å². The average molecular weight is 380 g/mol. The summed E-state index contributed by atoms with van der Waals surface area (Å²) in [6.07, 6.45) is -1.34. The highest BCUT2D eigenvalue weighted by Gasteiger charge is 2.40. The summed E-state index contributed by atoms with van der Waals surface area (Å²) >= 11 is 0. The number of alkyl halides is 3. The molecule has 0 bridgehead atoms. The number of hydrogen-bond acceptors (Lipinski definition) is 3. The van der Waals surface area contributed by atoms with Crippen LogP contribution in [0.25, 0.3) is 0 Å². The van der Waals surface area contributed by atoms with Crippen molar-refractivity contribution in [3.05, 3.63) is 52.8 Å². The van der Waals surface area contributed by atoms with Gasteiger partial charge in [0.1, 0.15) is 5.56 Å².